The molecule has 0 fully saturated rings. The van der Waals surface area contributed by atoms with Crippen LogP contribution in [0.3, 0.4) is 0 Å². The van der Waals surface area contributed by atoms with Crippen molar-refractivity contribution in [1.29, 1.82) is 0 Å². The fourth-order valence-electron chi connectivity index (χ4n) is 1.16. The highest BCUT2D eigenvalue weighted by atomic mass is 16.1. The number of nitrogens with one attached hydrogen (secondary N) is 1. The Morgan fingerprint density at radius 2 is 2.07 bits per heavy atom. The summed E-state index contributed by atoms with van der Waals surface area (Å²) in [6.45, 7) is 2.20. The van der Waals surface area contributed by atoms with Gasteiger partial charge in [0.15, 0.2) is 0 Å². The Morgan fingerprint density at radius 3 is 2.67 bits per heavy atom. The van der Waals surface area contributed by atoms with Crippen molar-refractivity contribution in [3.63, 3.8) is 0 Å². The number of carbonyl (C=O) groups excluding carboxylic acids is 1. The molecule has 0 radical (unpaired) electrons. The summed E-state index contributed by atoms with van der Waals surface area (Å²) in [6, 6.07) is 7.66. The molecule has 0 saturated heterocycles. The molecule has 3 nitrogen and oxygen atoms in total. The average molecular weight is 204 g/mol. The van der Waals surface area contributed by atoms with Gasteiger partial charge < -0.3 is 11.1 Å². The van der Waals surface area contributed by atoms with Crippen molar-refractivity contribution in [2.75, 3.05) is 12.3 Å². The van der Waals surface area contributed by atoms with Gasteiger partial charge in [-0.2, -0.15) is 0 Å². The zero-order valence-electron chi connectivity index (χ0n) is 8.86. The minimum atomic E-state index is 0.0101. The van der Waals surface area contributed by atoms with E-state index in [-0.39, 0.29) is 5.91 Å². The normalized spacial score (nSPS) is 10.5. The lowest BCUT2D eigenvalue weighted by Crippen LogP contribution is -2.20. The quantitative estimate of drug-likeness (QED) is 0.580. The third-order valence-corrected chi connectivity index (χ3v) is 1.93. The van der Waals surface area contributed by atoms with E-state index < -0.39 is 0 Å². The monoisotopic (exact) mass is 204 g/mol. The van der Waals surface area contributed by atoms with E-state index in [0.717, 1.165) is 17.7 Å². The Kier molecular flexibility index (Phi) is 4.41. The van der Waals surface area contributed by atoms with Crippen LogP contribution in [0.1, 0.15) is 18.9 Å². The molecule has 3 N–H and O–H groups in total. The Labute approximate surface area is 90.0 Å². The molecule has 1 aromatic rings. The van der Waals surface area contributed by atoms with Crippen LogP contribution in [0, 0.1) is 0 Å². The summed E-state index contributed by atoms with van der Waals surface area (Å²) in [5, 5.41) is 2.73. The maximum Gasteiger partial charge on any atom is 0.216 e. The molecule has 0 heterocycles. The van der Waals surface area contributed by atoms with E-state index in [1.54, 1.807) is 0 Å². The number of nitrogen functional groups attached to an aromatic ring is 1. The molecule has 15 heavy (non-hydrogen) atoms. The predicted molar refractivity (Wildman–Crippen MR) is 63.2 cm³/mol. The van der Waals surface area contributed by atoms with Gasteiger partial charge in [-0.1, -0.05) is 24.3 Å². The minimum Gasteiger partial charge on any atom is -0.399 e. The summed E-state index contributed by atoms with van der Waals surface area (Å²) < 4.78 is 0. The maximum atomic E-state index is 10.6. The van der Waals surface area contributed by atoms with E-state index in [1.165, 1.54) is 6.92 Å². The topological polar surface area (TPSA) is 55.1 Å². The molecule has 80 valence electrons. The van der Waals surface area contributed by atoms with Crippen LogP contribution in [0.4, 0.5) is 5.69 Å². The third kappa shape index (κ3) is 4.86. The predicted octanol–water partition coefficient (Wildman–Crippen LogP) is 1.81. The van der Waals surface area contributed by atoms with Crippen molar-refractivity contribution in [2.24, 2.45) is 0 Å². The van der Waals surface area contributed by atoms with Crippen molar-refractivity contribution >= 4 is 17.7 Å². The number of benzene rings is 1. The van der Waals surface area contributed by atoms with Crippen LogP contribution in [0.5, 0.6) is 0 Å². The molecule has 0 unspecified atom stereocenters. The maximum absolute atomic E-state index is 10.6. The van der Waals surface area contributed by atoms with Gasteiger partial charge in [0, 0.05) is 19.2 Å². The van der Waals surface area contributed by atoms with Crippen molar-refractivity contribution in [3.8, 4) is 0 Å². The zero-order chi connectivity index (χ0) is 11.1. The summed E-state index contributed by atoms with van der Waals surface area (Å²) >= 11 is 0. The lowest BCUT2D eigenvalue weighted by atomic mass is 10.2. The molecular weight excluding hydrogens is 188 g/mol. The first-order chi connectivity index (χ1) is 7.18. The first-order valence-corrected chi connectivity index (χ1v) is 4.95. The molecular formula is C12H16N2O. The van der Waals surface area contributed by atoms with Gasteiger partial charge in [-0.05, 0) is 24.1 Å². The van der Waals surface area contributed by atoms with Crippen molar-refractivity contribution in [1.82, 2.24) is 5.32 Å². The van der Waals surface area contributed by atoms with Gasteiger partial charge >= 0.3 is 0 Å². The van der Waals surface area contributed by atoms with E-state index in [9.17, 15) is 4.79 Å². The van der Waals surface area contributed by atoms with E-state index in [1.807, 2.05) is 36.4 Å². The molecule has 0 atom stereocenters. The van der Waals surface area contributed by atoms with Crippen molar-refractivity contribution < 1.29 is 4.79 Å². The second kappa shape index (κ2) is 5.86. The molecule has 0 aliphatic rings. The fourth-order valence-corrected chi connectivity index (χ4v) is 1.16. The Bertz CT molecular complexity index is 341. The number of hydrogen-bond donors (Lipinski definition) is 2. The van der Waals surface area contributed by atoms with Crippen LogP contribution in [-0.4, -0.2) is 12.5 Å². The van der Waals surface area contributed by atoms with E-state index in [0.29, 0.717) is 6.54 Å². The molecule has 0 saturated carbocycles. The number of amides is 1. The Hall–Kier alpha value is -1.77. The molecule has 1 rings (SSSR count). The zero-order valence-corrected chi connectivity index (χ0v) is 8.86. The standard InChI is InChI=1S/C12H16N2O/c1-10(15)14-9-3-2-4-11-5-7-12(13)8-6-11/h2,4-8H,3,9,13H2,1H3,(H,14,15). The van der Waals surface area contributed by atoms with E-state index >= 15 is 0 Å². The molecule has 1 aromatic carbocycles. The number of anilines is 1. The van der Waals surface area contributed by atoms with Crippen molar-refractivity contribution in [2.45, 2.75) is 13.3 Å². The molecule has 0 spiro atoms. The second-order valence-corrected chi connectivity index (χ2v) is 3.34. The average Bonchev–Trinajstić information content (AvgIpc) is 2.20. The first kappa shape index (κ1) is 11.3. The van der Waals surface area contributed by atoms with E-state index in [4.69, 9.17) is 5.73 Å². The second-order valence-electron chi connectivity index (χ2n) is 3.34. The van der Waals surface area contributed by atoms with Crippen LogP contribution in [0.2, 0.25) is 0 Å². The lowest BCUT2D eigenvalue weighted by molar-refractivity contribution is -0.118. The molecule has 0 aliphatic heterocycles. The first-order valence-electron chi connectivity index (χ1n) is 4.95. The third-order valence-electron chi connectivity index (χ3n) is 1.93. The molecule has 1 amide bonds. The summed E-state index contributed by atoms with van der Waals surface area (Å²) in [7, 11) is 0. The highest BCUT2D eigenvalue weighted by Gasteiger charge is 1.88. The number of rotatable bonds is 4. The Morgan fingerprint density at radius 1 is 1.40 bits per heavy atom. The van der Waals surface area contributed by atoms with Gasteiger partial charge in [0.2, 0.25) is 5.91 Å². The van der Waals surface area contributed by atoms with Crippen molar-refractivity contribution in [3.05, 3.63) is 35.9 Å². The smallest absolute Gasteiger partial charge is 0.216 e. The SMILES string of the molecule is CC(=O)NCCC=Cc1ccc(N)cc1. The van der Waals surface area contributed by atoms with Gasteiger partial charge in [0.25, 0.3) is 0 Å². The molecule has 0 aromatic heterocycles. The summed E-state index contributed by atoms with van der Waals surface area (Å²) in [6.07, 6.45) is 4.88. The summed E-state index contributed by atoms with van der Waals surface area (Å²) in [4.78, 5) is 10.6. The van der Waals surface area contributed by atoms with E-state index in [2.05, 4.69) is 5.32 Å². The summed E-state index contributed by atoms with van der Waals surface area (Å²) in [5.74, 6) is 0.0101. The van der Waals surface area contributed by atoms with Gasteiger partial charge in [-0.25, -0.2) is 0 Å². The number of carbonyl (C=O) groups is 1. The molecule has 3 heteroatoms. The van der Waals surface area contributed by atoms with Crippen LogP contribution in [0.15, 0.2) is 30.3 Å². The van der Waals surface area contributed by atoms with Crippen LogP contribution < -0.4 is 11.1 Å². The highest BCUT2D eigenvalue weighted by molar-refractivity contribution is 5.72. The molecule has 0 aliphatic carbocycles. The fraction of sp³-hybridized carbons (Fsp3) is 0.250. The molecule has 0 bridgehead atoms. The van der Waals surface area contributed by atoms with Gasteiger partial charge in [-0.15, -0.1) is 0 Å². The highest BCUT2D eigenvalue weighted by Crippen LogP contribution is 2.07. The van der Waals surface area contributed by atoms with Gasteiger partial charge in [0.05, 0.1) is 0 Å². The van der Waals surface area contributed by atoms with Gasteiger partial charge in [-0.3, -0.25) is 4.79 Å². The Balaban J connectivity index is 2.32. The van der Waals surface area contributed by atoms with Crippen LogP contribution in [0.25, 0.3) is 6.08 Å². The minimum absolute atomic E-state index is 0.0101. The lowest BCUT2D eigenvalue weighted by Gasteiger charge is -1.97. The van der Waals surface area contributed by atoms with Gasteiger partial charge in [0.1, 0.15) is 0 Å². The largest absolute Gasteiger partial charge is 0.399 e. The summed E-state index contributed by atoms with van der Waals surface area (Å²) in [5.41, 5.74) is 7.45. The van der Waals surface area contributed by atoms with Crippen LogP contribution in [-0.2, 0) is 4.79 Å². The number of hydrogen-bond acceptors (Lipinski definition) is 2. The number of nitrogens with two attached hydrogens (primary N) is 1. The van der Waals surface area contributed by atoms with Crippen LogP contribution >= 0.6 is 0 Å².